The highest BCUT2D eigenvalue weighted by Crippen LogP contribution is 2.44. The van der Waals surface area contributed by atoms with Crippen LogP contribution in [0.25, 0.3) is 11.1 Å². The predicted octanol–water partition coefficient (Wildman–Crippen LogP) is 3.86. The molecule has 1 aromatic heterocycles. The highest BCUT2D eigenvalue weighted by Gasteiger charge is 2.34. The van der Waals surface area contributed by atoms with Gasteiger partial charge in [0.15, 0.2) is 0 Å². The number of nitrogens with one attached hydrogen (secondary N) is 2. The van der Waals surface area contributed by atoms with Gasteiger partial charge in [0.25, 0.3) is 0 Å². The van der Waals surface area contributed by atoms with Crippen molar-refractivity contribution in [2.75, 3.05) is 11.9 Å². The number of carbonyl (C=O) groups excluding carboxylic acids is 2. The molecular formula is C26H28N4O5. The summed E-state index contributed by atoms with van der Waals surface area (Å²) in [6.07, 6.45) is 2.08. The number of amides is 2. The van der Waals surface area contributed by atoms with E-state index >= 15 is 0 Å². The summed E-state index contributed by atoms with van der Waals surface area (Å²) in [4.78, 5) is 36.6. The zero-order valence-corrected chi connectivity index (χ0v) is 19.8. The van der Waals surface area contributed by atoms with Crippen LogP contribution in [-0.2, 0) is 20.9 Å². The van der Waals surface area contributed by atoms with Crippen LogP contribution in [-0.4, -0.2) is 45.5 Å². The Morgan fingerprint density at radius 1 is 1.06 bits per heavy atom. The van der Waals surface area contributed by atoms with E-state index < -0.39 is 29.4 Å². The molecule has 2 amide bonds. The number of aliphatic carboxylic acids is 1. The molecular weight excluding hydrogens is 448 g/mol. The predicted molar refractivity (Wildman–Crippen MR) is 130 cm³/mol. The Balaban J connectivity index is 1.42. The van der Waals surface area contributed by atoms with Gasteiger partial charge in [-0.25, -0.2) is 4.79 Å². The van der Waals surface area contributed by atoms with E-state index in [0.29, 0.717) is 5.69 Å². The van der Waals surface area contributed by atoms with Gasteiger partial charge in [0.2, 0.25) is 5.91 Å². The minimum absolute atomic E-state index is 0.0878. The number of fused-ring (bicyclic) bond motifs is 3. The number of hydrogen-bond donors (Lipinski definition) is 3. The largest absolute Gasteiger partial charge is 0.480 e. The quantitative estimate of drug-likeness (QED) is 0.476. The minimum atomic E-state index is -1.05. The Morgan fingerprint density at radius 3 is 2.23 bits per heavy atom. The summed E-state index contributed by atoms with van der Waals surface area (Å²) in [7, 11) is 0. The van der Waals surface area contributed by atoms with Crippen molar-refractivity contribution in [3.05, 3.63) is 72.1 Å². The number of benzene rings is 2. The molecule has 3 N–H and O–H groups in total. The van der Waals surface area contributed by atoms with E-state index in [9.17, 15) is 14.4 Å². The fourth-order valence-corrected chi connectivity index (χ4v) is 4.30. The Kier molecular flexibility index (Phi) is 6.59. The van der Waals surface area contributed by atoms with Gasteiger partial charge in [0.1, 0.15) is 19.2 Å². The molecule has 0 bridgehead atoms. The number of carbonyl (C=O) groups is 3. The summed E-state index contributed by atoms with van der Waals surface area (Å²) in [6.45, 7) is 5.30. The van der Waals surface area contributed by atoms with Crippen LogP contribution in [0, 0.1) is 5.41 Å². The summed E-state index contributed by atoms with van der Waals surface area (Å²) < 4.78 is 6.80. The van der Waals surface area contributed by atoms with Crippen LogP contribution in [0.5, 0.6) is 0 Å². The number of carboxylic acids is 1. The topological polar surface area (TPSA) is 123 Å². The first-order valence-electron chi connectivity index (χ1n) is 11.3. The maximum absolute atomic E-state index is 13.0. The number of rotatable bonds is 7. The second-order valence-electron chi connectivity index (χ2n) is 9.58. The molecule has 4 rings (SSSR count). The minimum Gasteiger partial charge on any atom is -0.480 e. The molecule has 9 heteroatoms. The molecule has 1 heterocycles. The van der Waals surface area contributed by atoms with Crippen molar-refractivity contribution in [1.82, 2.24) is 15.1 Å². The number of carboxylic acid groups (broad SMARTS) is 1. The molecule has 182 valence electrons. The van der Waals surface area contributed by atoms with E-state index in [1.54, 1.807) is 0 Å². The lowest BCUT2D eigenvalue weighted by Crippen LogP contribution is -2.51. The molecule has 35 heavy (non-hydrogen) atoms. The second-order valence-corrected chi connectivity index (χ2v) is 9.58. The van der Waals surface area contributed by atoms with Crippen LogP contribution in [0.3, 0.4) is 0 Å². The van der Waals surface area contributed by atoms with E-state index in [2.05, 4.69) is 27.9 Å². The molecule has 1 unspecified atom stereocenters. The Morgan fingerprint density at radius 2 is 1.66 bits per heavy atom. The third-order valence-corrected chi connectivity index (χ3v) is 5.93. The maximum atomic E-state index is 13.0. The zero-order chi connectivity index (χ0) is 25.2. The van der Waals surface area contributed by atoms with Gasteiger partial charge >= 0.3 is 12.1 Å². The standard InChI is InChI=1S/C26H28N4O5/c1-26(2,3)23(24(33)28-16-12-27-30(13-16)14-22(31)32)29-25(34)35-15-21-19-10-6-4-8-17(19)18-9-5-7-11-20(18)21/h4-13,21,23H,14-15H2,1-3H3,(H,28,33)(H,29,34)(H,31,32). The first-order chi connectivity index (χ1) is 16.6. The first kappa shape index (κ1) is 24.0. The number of aromatic nitrogens is 2. The van der Waals surface area contributed by atoms with Crippen molar-refractivity contribution in [2.45, 2.75) is 39.3 Å². The van der Waals surface area contributed by atoms with Gasteiger partial charge in [-0.3, -0.25) is 14.3 Å². The average molecular weight is 477 g/mol. The lowest BCUT2D eigenvalue weighted by atomic mass is 9.86. The molecule has 0 fully saturated rings. The van der Waals surface area contributed by atoms with Gasteiger partial charge in [-0.2, -0.15) is 5.10 Å². The summed E-state index contributed by atoms with van der Waals surface area (Å²) in [6, 6.07) is 15.2. The van der Waals surface area contributed by atoms with Crippen LogP contribution in [0.4, 0.5) is 10.5 Å². The summed E-state index contributed by atoms with van der Waals surface area (Å²) in [5, 5.41) is 18.2. The fourth-order valence-electron chi connectivity index (χ4n) is 4.30. The first-order valence-corrected chi connectivity index (χ1v) is 11.3. The normalized spacial score (nSPS) is 13.5. The highest BCUT2D eigenvalue weighted by atomic mass is 16.5. The molecule has 1 aliphatic carbocycles. The van der Waals surface area contributed by atoms with E-state index in [-0.39, 0.29) is 19.1 Å². The van der Waals surface area contributed by atoms with Gasteiger partial charge in [0.05, 0.1) is 11.9 Å². The number of ether oxygens (including phenoxy) is 1. The second kappa shape index (κ2) is 9.61. The van der Waals surface area contributed by atoms with Crippen molar-refractivity contribution in [1.29, 1.82) is 0 Å². The third kappa shape index (κ3) is 5.34. The van der Waals surface area contributed by atoms with E-state index in [4.69, 9.17) is 9.84 Å². The molecule has 0 radical (unpaired) electrons. The molecule has 0 saturated heterocycles. The molecule has 1 aliphatic rings. The van der Waals surface area contributed by atoms with Crippen LogP contribution in [0.1, 0.15) is 37.8 Å². The van der Waals surface area contributed by atoms with Crippen molar-refractivity contribution in [3.8, 4) is 11.1 Å². The summed E-state index contributed by atoms with van der Waals surface area (Å²) >= 11 is 0. The van der Waals surface area contributed by atoms with Crippen LogP contribution < -0.4 is 10.6 Å². The highest BCUT2D eigenvalue weighted by molar-refractivity contribution is 5.97. The Labute approximate surface area is 203 Å². The van der Waals surface area contributed by atoms with E-state index in [1.165, 1.54) is 17.1 Å². The third-order valence-electron chi connectivity index (χ3n) is 5.93. The zero-order valence-electron chi connectivity index (χ0n) is 19.8. The average Bonchev–Trinajstić information content (AvgIpc) is 3.36. The molecule has 2 aromatic carbocycles. The fraction of sp³-hybridized carbons (Fsp3) is 0.308. The van der Waals surface area contributed by atoms with Crippen LogP contribution >= 0.6 is 0 Å². The lowest BCUT2D eigenvalue weighted by molar-refractivity contribution is -0.137. The molecule has 0 aliphatic heterocycles. The SMILES string of the molecule is CC(C)(C)C(NC(=O)OCC1c2ccccc2-c2ccccc21)C(=O)Nc1cnn(CC(=O)O)c1. The van der Waals surface area contributed by atoms with Crippen molar-refractivity contribution in [3.63, 3.8) is 0 Å². The van der Waals surface area contributed by atoms with Crippen LogP contribution in [0.15, 0.2) is 60.9 Å². The summed E-state index contributed by atoms with van der Waals surface area (Å²) in [5.41, 5.74) is 4.18. The Bertz CT molecular complexity index is 1210. The smallest absolute Gasteiger partial charge is 0.407 e. The number of anilines is 1. The number of nitrogens with zero attached hydrogens (tertiary/aromatic N) is 2. The molecule has 9 nitrogen and oxygen atoms in total. The number of hydrogen-bond acceptors (Lipinski definition) is 5. The maximum Gasteiger partial charge on any atom is 0.407 e. The Hall–Kier alpha value is -4.14. The molecule has 3 aromatic rings. The van der Waals surface area contributed by atoms with Crippen LogP contribution in [0.2, 0.25) is 0 Å². The molecule has 0 saturated carbocycles. The van der Waals surface area contributed by atoms with Gasteiger partial charge < -0.3 is 20.5 Å². The summed E-state index contributed by atoms with van der Waals surface area (Å²) in [5.74, 6) is -1.59. The molecule has 0 spiro atoms. The van der Waals surface area contributed by atoms with Crippen molar-refractivity contribution >= 4 is 23.7 Å². The number of alkyl carbamates (subject to hydrolysis) is 1. The van der Waals surface area contributed by atoms with Crippen molar-refractivity contribution < 1.29 is 24.2 Å². The van der Waals surface area contributed by atoms with E-state index in [1.807, 2.05) is 57.2 Å². The van der Waals surface area contributed by atoms with Gasteiger partial charge in [-0.1, -0.05) is 69.3 Å². The molecule has 1 atom stereocenters. The van der Waals surface area contributed by atoms with E-state index in [0.717, 1.165) is 22.3 Å². The van der Waals surface area contributed by atoms with Gasteiger partial charge in [0, 0.05) is 12.1 Å². The van der Waals surface area contributed by atoms with Gasteiger partial charge in [-0.05, 0) is 27.7 Å². The lowest BCUT2D eigenvalue weighted by Gasteiger charge is -2.30. The van der Waals surface area contributed by atoms with Crippen molar-refractivity contribution in [2.24, 2.45) is 5.41 Å². The van der Waals surface area contributed by atoms with Gasteiger partial charge in [-0.15, -0.1) is 0 Å². The monoisotopic (exact) mass is 476 g/mol.